The monoisotopic (exact) mass is 710 g/mol. The number of anilines is 1. The molecule has 52 heavy (non-hydrogen) atoms. The number of nitrogens with one attached hydrogen (secondary N) is 1. The number of carboxylic acid groups (broad SMARTS) is 1. The molecule has 1 atom stereocenters. The second kappa shape index (κ2) is 17.4. The predicted molar refractivity (Wildman–Crippen MR) is 211 cm³/mol. The molecule has 2 aromatic carbocycles. The van der Waals surface area contributed by atoms with Gasteiger partial charge in [0.15, 0.2) is 5.71 Å². The molecule has 2 aliphatic rings. The van der Waals surface area contributed by atoms with Crippen LogP contribution in [0.1, 0.15) is 117 Å². The summed E-state index contributed by atoms with van der Waals surface area (Å²) in [5, 5.41) is 11.9. The van der Waals surface area contributed by atoms with Crippen molar-refractivity contribution < 1.29 is 28.8 Å². The zero-order chi connectivity index (χ0) is 38.1. The van der Waals surface area contributed by atoms with Crippen LogP contribution in [0.3, 0.4) is 0 Å². The van der Waals surface area contributed by atoms with E-state index in [1.165, 1.54) is 33.9 Å². The minimum atomic E-state index is -1.09. The lowest BCUT2D eigenvalue weighted by Gasteiger charge is -2.27. The number of unbranched alkanes of at least 4 members (excludes halogenated alkanes) is 4. The summed E-state index contributed by atoms with van der Waals surface area (Å²) in [4.78, 5) is 38.6. The fourth-order valence-corrected chi connectivity index (χ4v) is 7.49. The minimum absolute atomic E-state index is 0.0540. The van der Waals surface area contributed by atoms with Gasteiger partial charge in [0.2, 0.25) is 5.69 Å². The smallest absolute Gasteiger partial charge is 0.408 e. The Hall–Kier alpha value is -4.46. The number of benzene rings is 2. The number of carbonyl (C=O) groups excluding carboxylic acids is 2. The number of fused-ring (bicyclic) bond motifs is 2. The van der Waals surface area contributed by atoms with Crippen molar-refractivity contribution in [2.24, 2.45) is 0 Å². The zero-order valence-electron chi connectivity index (χ0n) is 32.6. The lowest BCUT2D eigenvalue weighted by atomic mass is 9.81. The van der Waals surface area contributed by atoms with E-state index >= 15 is 0 Å². The highest BCUT2D eigenvalue weighted by atomic mass is 16.6. The van der Waals surface area contributed by atoms with Gasteiger partial charge in [0.05, 0.1) is 5.41 Å². The van der Waals surface area contributed by atoms with E-state index in [0.717, 1.165) is 38.6 Å². The van der Waals surface area contributed by atoms with Crippen LogP contribution in [-0.4, -0.2) is 58.5 Å². The Kier molecular flexibility index (Phi) is 13.5. The van der Waals surface area contributed by atoms with Gasteiger partial charge in [-0.05, 0) is 78.0 Å². The van der Waals surface area contributed by atoms with Crippen LogP contribution in [-0.2, 0) is 25.2 Å². The van der Waals surface area contributed by atoms with Crippen LogP contribution in [0.4, 0.5) is 16.2 Å². The quantitative estimate of drug-likeness (QED) is 0.0964. The Morgan fingerprint density at radius 2 is 1.48 bits per heavy atom. The highest BCUT2D eigenvalue weighted by molar-refractivity contribution is 6.03. The molecule has 280 valence electrons. The number of Topliss-reactive ketones (excluding diaryl/α,β-unsaturated/α-hetero) is 1. The highest BCUT2D eigenvalue weighted by Gasteiger charge is 2.42. The van der Waals surface area contributed by atoms with Gasteiger partial charge in [-0.25, -0.2) is 9.59 Å². The largest absolute Gasteiger partial charge is 0.480 e. The van der Waals surface area contributed by atoms with E-state index in [1.807, 2.05) is 0 Å². The van der Waals surface area contributed by atoms with Crippen LogP contribution < -0.4 is 10.2 Å². The molecule has 0 radical (unpaired) electrons. The van der Waals surface area contributed by atoms with Gasteiger partial charge in [-0.15, -0.1) is 0 Å². The molecule has 8 nitrogen and oxygen atoms in total. The normalized spacial score (nSPS) is 17.5. The maximum atomic E-state index is 12.6. The van der Waals surface area contributed by atoms with Crippen molar-refractivity contribution in [1.29, 1.82) is 0 Å². The molecule has 2 heterocycles. The number of amides is 1. The first-order valence-electron chi connectivity index (χ1n) is 18.9. The Morgan fingerprint density at radius 3 is 2.13 bits per heavy atom. The summed E-state index contributed by atoms with van der Waals surface area (Å²) in [5.74, 6) is -0.834. The van der Waals surface area contributed by atoms with Crippen molar-refractivity contribution in [2.75, 3.05) is 18.5 Å². The van der Waals surface area contributed by atoms with Crippen LogP contribution >= 0.6 is 0 Å². The van der Waals surface area contributed by atoms with Gasteiger partial charge >= 0.3 is 12.1 Å². The van der Waals surface area contributed by atoms with Crippen LogP contribution in [0.15, 0.2) is 84.6 Å². The molecular weight excluding hydrogens is 650 g/mol. The van der Waals surface area contributed by atoms with E-state index in [9.17, 15) is 19.5 Å². The van der Waals surface area contributed by atoms with Crippen LogP contribution in [0.25, 0.3) is 0 Å². The number of aliphatic carboxylic acids is 1. The van der Waals surface area contributed by atoms with Gasteiger partial charge in [-0.1, -0.05) is 87.7 Å². The van der Waals surface area contributed by atoms with Crippen LogP contribution in [0.2, 0.25) is 0 Å². The average molecular weight is 711 g/mol. The van der Waals surface area contributed by atoms with E-state index in [-0.39, 0.29) is 16.6 Å². The molecule has 0 spiro atoms. The van der Waals surface area contributed by atoms with E-state index in [0.29, 0.717) is 25.7 Å². The van der Waals surface area contributed by atoms with Gasteiger partial charge in [0, 0.05) is 53.9 Å². The Labute approximate surface area is 311 Å². The number of para-hydroxylation sites is 2. The number of carbonyl (C=O) groups is 3. The summed E-state index contributed by atoms with van der Waals surface area (Å²) in [6.45, 7) is 15.2. The van der Waals surface area contributed by atoms with E-state index in [4.69, 9.17) is 4.74 Å². The lowest BCUT2D eigenvalue weighted by molar-refractivity contribution is -0.401. The first-order chi connectivity index (χ1) is 24.5. The van der Waals surface area contributed by atoms with Crippen molar-refractivity contribution in [3.8, 4) is 0 Å². The van der Waals surface area contributed by atoms with Gasteiger partial charge in [-0.2, -0.15) is 4.58 Å². The predicted octanol–water partition coefficient (Wildman–Crippen LogP) is 9.54. The van der Waals surface area contributed by atoms with Gasteiger partial charge in [0.25, 0.3) is 0 Å². The molecule has 0 bridgehead atoms. The number of alkyl carbamates (subject to hydrolysis) is 1. The molecular formula is C44H60N3O5+. The van der Waals surface area contributed by atoms with Gasteiger partial charge in [0.1, 0.15) is 24.5 Å². The summed E-state index contributed by atoms with van der Waals surface area (Å²) in [6.07, 6.45) is 16.4. The number of rotatable bonds is 17. The Balaban J connectivity index is 1.24. The third-order valence-corrected chi connectivity index (χ3v) is 10.2. The molecule has 0 fully saturated rings. The van der Waals surface area contributed by atoms with Crippen molar-refractivity contribution in [1.82, 2.24) is 5.32 Å². The molecule has 2 aliphatic heterocycles. The van der Waals surface area contributed by atoms with Crippen LogP contribution in [0, 0.1) is 0 Å². The van der Waals surface area contributed by atoms with Crippen molar-refractivity contribution in [2.45, 2.75) is 129 Å². The fraction of sp³-hybridized carbons (Fsp3) is 0.500. The standard InChI is InChI=1S/C44H59N3O5/c1-42(2,3)52-41(51)45-35(40(49)50)26-14-9-12-22-32(48)23-13-11-21-31-47-37-28-20-18-25-34(37)44(6,7)39(47)30-16-10-15-29-38-43(4,5)33-24-17-19-27-36(33)46(38)8/h10,15-20,24-25,27-30,35H,9,11-14,21-23,26,31H2,1-8H3,(H-,45,49,50,51)/p+1. The van der Waals surface area contributed by atoms with E-state index < -0.39 is 23.7 Å². The maximum absolute atomic E-state index is 12.6. The molecule has 1 unspecified atom stereocenters. The zero-order valence-corrected chi connectivity index (χ0v) is 32.6. The Bertz CT molecular complexity index is 1720. The topological polar surface area (TPSA) is 99.0 Å². The van der Waals surface area contributed by atoms with Crippen molar-refractivity contribution >= 4 is 34.9 Å². The fourth-order valence-electron chi connectivity index (χ4n) is 7.49. The number of ketones is 1. The highest BCUT2D eigenvalue weighted by Crippen LogP contribution is 2.47. The van der Waals surface area contributed by atoms with Gasteiger partial charge in [-0.3, -0.25) is 4.79 Å². The minimum Gasteiger partial charge on any atom is -0.480 e. The molecule has 0 aromatic heterocycles. The first-order valence-corrected chi connectivity index (χ1v) is 18.9. The molecule has 4 rings (SSSR count). The number of ether oxygens (including phenoxy) is 1. The first kappa shape index (κ1) is 40.3. The van der Waals surface area contributed by atoms with Gasteiger partial charge < -0.3 is 20.1 Å². The summed E-state index contributed by atoms with van der Waals surface area (Å²) < 4.78 is 7.47. The summed E-state index contributed by atoms with van der Waals surface area (Å²) in [6, 6.07) is 16.3. The van der Waals surface area contributed by atoms with Crippen molar-refractivity contribution in [3.05, 3.63) is 95.7 Å². The van der Waals surface area contributed by atoms with E-state index in [2.05, 4.69) is 128 Å². The van der Waals surface area contributed by atoms with Crippen molar-refractivity contribution in [3.63, 3.8) is 0 Å². The number of hydrogen-bond donors (Lipinski definition) is 2. The molecule has 2 N–H and O–H groups in total. The van der Waals surface area contributed by atoms with E-state index in [1.54, 1.807) is 20.8 Å². The molecule has 2 aromatic rings. The summed E-state index contributed by atoms with van der Waals surface area (Å²) in [5.41, 5.74) is 6.88. The molecule has 0 saturated heterocycles. The number of nitrogens with zero attached hydrogens (tertiary/aromatic N) is 2. The summed E-state index contributed by atoms with van der Waals surface area (Å²) in [7, 11) is 2.14. The SMILES string of the molecule is C[N+]1=C(C=CC=CC=C2N(CCCCCC(=O)CCCCCC(NC(=O)OC(C)(C)C)C(=O)O)c3ccccc3C2(C)C)C(C)(C)c2ccccc21. The summed E-state index contributed by atoms with van der Waals surface area (Å²) >= 11 is 0. The number of carboxylic acids is 1. The number of hydrogen-bond acceptors (Lipinski definition) is 5. The lowest BCUT2D eigenvalue weighted by Crippen LogP contribution is -2.43. The number of allylic oxidation sites excluding steroid dienone is 6. The Morgan fingerprint density at radius 1 is 0.846 bits per heavy atom. The second-order valence-electron chi connectivity index (χ2n) is 16.2. The molecule has 0 saturated carbocycles. The maximum Gasteiger partial charge on any atom is 0.408 e. The third kappa shape index (κ3) is 10.1. The van der Waals surface area contributed by atoms with Crippen LogP contribution in [0.5, 0.6) is 0 Å². The second-order valence-corrected chi connectivity index (χ2v) is 16.2. The molecule has 0 aliphatic carbocycles. The molecule has 1 amide bonds. The average Bonchev–Trinajstić information content (AvgIpc) is 3.40. The molecule has 8 heteroatoms. The third-order valence-electron chi connectivity index (χ3n) is 10.2.